The van der Waals surface area contributed by atoms with Crippen LogP contribution in [0, 0.1) is 17.7 Å². The molecular formula is C22H34F2N8O2. The van der Waals surface area contributed by atoms with E-state index in [2.05, 4.69) is 26.4 Å². The summed E-state index contributed by atoms with van der Waals surface area (Å²) in [6.07, 6.45) is 1.41. The minimum Gasteiger partial charge on any atom is -0.367 e. The molecule has 34 heavy (non-hydrogen) atoms. The molecule has 0 aromatic carbocycles. The number of nitrogens with two attached hydrogens (primary N) is 1. The highest BCUT2D eigenvalue weighted by molar-refractivity contribution is 5.96. The van der Waals surface area contributed by atoms with Crippen LogP contribution in [-0.2, 0) is 9.59 Å². The molecule has 0 saturated carbocycles. The van der Waals surface area contributed by atoms with E-state index in [1.807, 2.05) is 25.7 Å². The van der Waals surface area contributed by atoms with Gasteiger partial charge in [-0.15, -0.1) is 0 Å². The minimum absolute atomic E-state index is 0.00125. The number of pyridine rings is 1. The molecule has 6 N–H and O–H groups in total. The van der Waals surface area contributed by atoms with Gasteiger partial charge in [0.2, 0.25) is 11.8 Å². The fourth-order valence-electron chi connectivity index (χ4n) is 4.87. The Balaban J connectivity index is 1.45. The van der Waals surface area contributed by atoms with Crippen molar-refractivity contribution >= 4 is 23.2 Å². The van der Waals surface area contributed by atoms with Gasteiger partial charge in [0, 0.05) is 37.6 Å². The maximum Gasteiger partial charge on any atom is 0.233 e. The van der Waals surface area contributed by atoms with E-state index < -0.39 is 36.1 Å². The number of halogens is 2. The molecular weight excluding hydrogens is 446 g/mol. The first-order valence-electron chi connectivity index (χ1n) is 11.7. The minimum atomic E-state index is -1.06. The van der Waals surface area contributed by atoms with Crippen LogP contribution in [0.5, 0.6) is 0 Å². The average molecular weight is 481 g/mol. The van der Waals surface area contributed by atoms with Crippen LogP contribution in [0.3, 0.4) is 0 Å². The standard InChI is InChI=1S/C22H34F2N8O2/c1-22(2,3)29-20(33)12-4-6-31(7-5-12)17-14(24)9-26-10-15(17)28-21(34)16-18(25)30-32-11-13(23)8-27-19(16)32/h9-10,12-13,16,18-19,27,30H,4-8,11,25H2,1-3H3,(H,28,34)(H,29,33). The summed E-state index contributed by atoms with van der Waals surface area (Å²) in [6.45, 7) is 6.99. The smallest absolute Gasteiger partial charge is 0.233 e. The molecule has 2 amide bonds. The largest absolute Gasteiger partial charge is 0.367 e. The molecule has 3 aliphatic rings. The van der Waals surface area contributed by atoms with Gasteiger partial charge < -0.3 is 21.3 Å². The van der Waals surface area contributed by atoms with Crippen LogP contribution in [0.2, 0.25) is 0 Å². The van der Waals surface area contributed by atoms with Gasteiger partial charge in [-0.3, -0.25) is 19.9 Å². The van der Waals surface area contributed by atoms with Gasteiger partial charge in [-0.1, -0.05) is 0 Å². The Morgan fingerprint density at radius 3 is 2.59 bits per heavy atom. The fraction of sp³-hybridized carbons (Fsp3) is 0.682. The highest BCUT2D eigenvalue weighted by Gasteiger charge is 2.47. The second-order valence-corrected chi connectivity index (χ2v) is 10.3. The van der Waals surface area contributed by atoms with Crippen molar-refractivity contribution < 1.29 is 18.4 Å². The van der Waals surface area contributed by atoms with E-state index in [1.54, 1.807) is 5.01 Å². The molecule has 10 nitrogen and oxygen atoms in total. The number of hydrogen-bond acceptors (Lipinski definition) is 8. The maximum absolute atomic E-state index is 14.9. The molecule has 3 saturated heterocycles. The molecule has 12 heteroatoms. The Hall–Kier alpha value is -2.41. The Kier molecular flexibility index (Phi) is 7.04. The van der Waals surface area contributed by atoms with E-state index in [-0.39, 0.29) is 41.8 Å². The van der Waals surface area contributed by atoms with Crippen molar-refractivity contribution in [3.63, 3.8) is 0 Å². The zero-order valence-corrected chi connectivity index (χ0v) is 19.8. The summed E-state index contributed by atoms with van der Waals surface area (Å²) in [5, 5.41) is 10.4. The van der Waals surface area contributed by atoms with Gasteiger partial charge in [0.25, 0.3) is 0 Å². The molecule has 4 rings (SSSR count). The predicted molar refractivity (Wildman–Crippen MR) is 124 cm³/mol. The number of aromatic nitrogens is 1. The summed E-state index contributed by atoms with van der Waals surface area (Å²) in [7, 11) is 0. The van der Waals surface area contributed by atoms with Crippen LogP contribution in [-0.4, -0.2) is 72.0 Å². The SMILES string of the molecule is CC(C)(C)NC(=O)C1CCN(c2c(F)cncc2NC(=O)C2C(N)NN3CC(F)CNC23)CC1. The third-order valence-electron chi connectivity index (χ3n) is 6.43. The second-order valence-electron chi connectivity index (χ2n) is 10.3. The Labute approximate surface area is 198 Å². The van der Waals surface area contributed by atoms with Crippen LogP contribution in [0.25, 0.3) is 0 Å². The number of hydrogen-bond donors (Lipinski definition) is 5. The Bertz CT molecular complexity index is 919. The molecule has 0 spiro atoms. The van der Waals surface area contributed by atoms with Crippen molar-refractivity contribution in [1.82, 2.24) is 26.1 Å². The number of carbonyl (C=O) groups excluding carboxylic acids is 2. The molecule has 0 radical (unpaired) electrons. The Morgan fingerprint density at radius 1 is 1.21 bits per heavy atom. The maximum atomic E-state index is 14.9. The second kappa shape index (κ2) is 9.68. The first kappa shape index (κ1) is 24.7. The van der Waals surface area contributed by atoms with Crippen molar-refractivity contribution in [2.45, 2.75) is 57.7 Å². The van der Waals surface area contributed by atoms with Crippen molar-refractivity contribution in [3.05, 3.63) is 18.2 Å². The molecule has 4 atom stereocenters. The van der Waals surface area contributed by atoms with Crippen molar-refractivity contribution in [1.29, 1.82) is 0 Å². The highest BCUT2D eigenvalue weighted by Crippen LogP contribution is 2.33. The lowest BCUT2D eigenvalue weighted by Crippen LogP contribution is -2.58. The number of fused-ring (bicyclic) bond motifs is 1. The van der Waals surface area contributed by atoms with Gasteiger partial charge in [-0.2, -0.15) is 0 Å². The number of rotatable bonds is 4. The van der Waals surface area contributed by atoms with E-state index in [0.717, 1.165) is 6.20 Å². The van der Waals surface area contributed by atoms with Gasteiger partial charge in [0.1, 0.15) is 11.9 Å². The number of carbonyl (C=O) groups is 2. The molecule has 3 aliphatic heterocycles. The highest BCUT2D eigenvalue weighted by atomic mass is 19.1. The lowest BCUT2D eigenvalue weighted by Gasteiger charge is -2.35. The average Bonchev–Trinajstić information content (AvgIpc) is 3.07. The summed E-state index contributed by atoms with van der Waals surface area (Å²) in [5.41, 5.74) is 9.23. The monoisotopic (exact) mass is 480 g/mol. The quantitative estimate of drug-likeness (QED) is 0.416. The van der Waals surface area contributed by atoms with Gasteiger partial charge >= 0.3 is 0 Å². The van der Waals surface area contributed by atoms with Crippen LogP contribution < -0.4 is 32.0 Å². The molecule has 188 valence electrons. The summed E-state index contributed by atoms with van der Waals surface area (Å²) >= 11 is 0. The van der Waals surface area contributed by atoms with E-state index in [9.17, 15) is 18.4 Å². The summed E-state index contributed by atoms with van der Waals surface area (Å²) in [5.74, 6) is -1.83. The number of hydrazine groups is 1. The Morgan fingerprint density at radius 2 is 1.91 bits per heavy atom. The van der Waals surface area contributed by atoms with Crippen molar-refractivity contribution in [2.75, 3.05) is 36.4 Å². The normalized spacial score (nSPS) is 28.5. The van der Waals surface area contributed by atoms with Gasteiger partial charge in [-0.25, -0.2) is 19.2 Å². The number of nitrogens with one attached hydrogen (secondary N) is 4. The van der Waals surface area contributed by atoms with Crippen LogP contribution in [0.4, 0.5) is 20.2 Å². The first-order valence-corrected chi connectivity index (χ1v) is 11.7. The lowest BCUT2D eigenvalue weighted by atomic mass is 9.94. The fourth-order valence-corrected chi connectivity index (χ4v) is 4.87. The molecule has 4 heterocycles. The van der Waals surface area contributed by atoms with Gasteiger partial charge in [0.15, 0.2) is 5.82 Å². The summed E-state index contributed by atoms with van der Waals surface area (Å²) < 4.78 is 28.6. The number of anilines is 2. The van der Waals surface area contributed by atoms with E-state index >= 15 is 0 Å². The molecule has 1 aromatic rings. The topological polar surface area (TPSA) is 128 Å². The summed E-state index contributed by atoms with van der Waals surface area (Å²) in [6, 6.07) is 0. The van der Waals surface area contributed by atoms with Crippen LogP contribution in [0.1, 0.15) is 33.6 Å². The molecule has 1 aromatic heterocycles. The number of piperidine rings is 1. The molecule has 3 fully saturated rings. The zero-order chi connectivity index (χ0) is 24.6. The number of amides is 2. The first-order chi connectivity index (χ1) is 16.0. The van der Waals surface area contributed by atoms with Gasteiger partial charge in [-0.05, 0) is 33.6 Å². The third-order valence-corrected chi connectivity index (χ3v) is 6.43. The van der Waals surface area contributed by atoms with E-state index in [0.29, 0.717) is 25.9 Å². The number of nitrogens with zero attached hydrogens (tertiary/aromatic N) is 3. The zero-order valence-electron chi connectivity index (χ0n) is 19.8. The predicted octanol–water partition coefficient (Wildman–Crippen LogP) is 0.279. The van der Waals surface area contributed by atoms with Crippen molar-refractivity contribution in [2.24, 2.45) is 17.6 Å². The number of alkyl halides is 1. The summed E-state index contributed by atoms with van der Waals surface area (Å²) in [4.78, 5) is 31.4. The third kappa shape index (κ3) is 5.29. The lowest BCUT2D eigenvalue weighted by molar-refractivity contribution is -0.127. The van der Waals surface area contributed by atoms with Gasteiger partial charge in [0.05, 0.1) is 36.3 Å². The van der Waals surface area contributed by atoms with Crippen molar-refractivity contribution in [3.8, 4) is 0 Å². The van der Waals surface area contributed by atoms with Crippen LogP contribution >= 0.6 is 0 Å². The van der Waals surface area contributed by atoms with E-state index in [4.69, 9.17) is 5.73 Å². The molecule has 4 unspecified atom stereocenters. The van der Waals surface area contributed by atoms with Crippen LogP contribution in [0.15, 0.2) is 12.4 Å². The molecule has 0 aliphatic carbocycles. The van der Waals surface area contributed by atoms with E-state index in [1.165, 1.54) is 6.20 Å². The molecule has 0 bridgehead atoms.